The van der Waals surface area contributed by atoms with Crippen LogP contribution in [0, 0.1) is 5.82 Å². The van der Waals surface area contributed by atoms with E-state index in [1.165, 1.54) is 13.2 Å². The molecule has 1 heterocycles. The zero-order chi connectivity index (χ0) is 13.9. The predicted octanol–water partition coefficient (Wildman–Crippen LogP) is 1.29. The minimum absolute atomic E-state index is 0.112. The van der Waals surface area contributed by atoms with Gasteiger partial charge in [0.05, 0.1) is 13.2 Å². The van der Waals surface area contributed by atoms with E-state index >= 15 is 0 Å². The van der Waals surface area contributed by atoms with Crippen molar-refractivity contribution in [2.75, 3.05) is 20.3 Å². The molecule has 0 radical (unpaired) electrons. The van der Waals surface area contributed by atoms with E-state index in [1.807, 2.05) is 0 Å². The Labute approximate surface area is 111 Å². The summed E-state index contributed by atoms with van der Waals surface area (Å²) < 4.78 is 50.1. The van der Waals surface area contributed by atoms with Crippen LogP contribution in [-0.2, 0) is 14.8 Å². The molecule has 0 spiro atoms. The molecule has 1 aromatic carbocycles. The molecule has 0 aromatic heterocycles. The number of hydrogen-bond acceptors (Lipinski definition) is 4. The first-order valence-corrected chi connectivity index (χ1v) is 7.46. The molecule has 0 amide bonds. The van der Waals surface area contributed by atoms with Gasteiger partial charge in [0.2, 0.25) is 10.0 Å². The van der Waals surface area contributed by atoms with E-state index in [1.54, 1.807) is 0 Å². The van der Waals surface area contributed by atoms with Gasteiger partial charge in [0.15, 0.2) is 0 Å². The molecular weight excluding hydrogens is 273 g/mol. The van der Waals surface area contributed by atoms with E-state index in [4.69, 9.17) is 9.47 Å². The summed E-state index contributed by atoms with van der Waals surface area (Å²) in [5.74, 6) is -0.514. The van der Waals surface area contributed by atoms with Crippen LogP contribution >= 0.6 is 0 Å². The average molecular weight is 289 g/mol. The van der Waals surface area contributed by atoms with Crippen LogP contribution in [0.4, 0.5) is 4.39 Å². The van der Waals surface area contributed by atoms with Crippen LogP contribution in [0.1, 0.15) is 12.8 Å². The van der Waals surface area contributed by atoms with Gasteiger partial charge in [-0.2, -0.15) is 0 Å². The van der Waals surface area contributed by atoms with Gasteiger partial charge >= 0.3 is 0 Å². The van der Waals surface area contributed by atoms with Gasteiger partial charge in [-0.15, -0.1) is 0 Å². The van der Waals surface area contributed by atoms with Crippen LogP contribution in [0.2, 0.25) is 0 Å². The molecule has 0 saturated carbocycles. The van der Waals surface area contributed by atoms with E-state index in [0.29, 0.717) is 6.61 Å². The van der Waals surface area contributed by atoms with Gasteiger partial charge in [-0.3, -0.25) is 0 Å². The van der Waals surface area contributed by atoms with Crippen LogP contribution < -0.4 is 9.46 Å². The first-order chi connectivity index (χ1) is 9.03. The number of sulfonamides is 1. The summed E-state index contributed by atoms with van der Waals surface area (Å²) in [6.07, 6.45) is 1.63. The van der Waals surface area contributed by atoms with Gasteiger partial charge in [-0.1, -0.05) is 0 Å². The first-order valence-electron chi connectivity index (χ1n) is 5.98. The number of benzene rings is 1. The van der Waals surface area contributed by atoms with Gasteiger partial charge in [-0.25, -0.2) is 17.5 Å². The lowest BCUT2D eigenvalue weighted by molar-refractivity contribution is 0.114. The Hall–Kier alpha value is -1.18. The van der Waals surface area contributed by atoms with Gasteiger partial charge < -0.3 is 9.47 Å². The molecule has 1 aromatic rings. The van der Waals surface area contributed by atoms with Crippen LogP contribution in [0.25, 0.3) is 0 Å². The van der Waals surface area contributed by atoms with Crippen molar-refractivity contribution in [3.63, 3.8) is 0 Å². The third-order valence-electron chi connectivity index (χ3n) is 2.94. The summed E-state index contributed by atoms with van der Waals surface area (Å²) >= 11 is 0. The molecule has 1 aliphatic rings. The van der Waals surface area contributed by atoms with Crippen molar-refractivity contribution in [2.45, 2.75) is 23.8 Å². The lowest BCUT2D eigenvalue weighted by Gasteiger charge is -2.13. The van der Waals surface area contributed by atoms with Crippen LogP contribution in [0.15, 0.2) is 23.1 Å². The number of methoxy groups -OCH3 is 1. The van der Waals surface area contributed by atoms with Gasteiger partial charge in [0.1, 0.15) is 16.5 Å². The van der Waals surface area contributed by atoms with Gasteiger partial charge in [0, 0.05) is 13.2 Å². The fourth-order valence-electron chi connectivity index (χ4n) is 1.95. The fourth-order valence-corrected chi connectivity index (χ4v) is 3.19. The maximum Gasteiger partial charge on any atom is 0.244 e. The van der Waals surface area contributed by atoms with Crippen LogP contribution in [0.5, 0.6) is 5.75 Å². The molecule has 7 heteroatoms. The largest absolute Gasteiger partial charge is 0.495 e. The van der Waals surface area contributed by atoms with Crippen molar-refractivity contribution >= 4 is 10.0 Å². The molecule has 19 heavy (non-hydrogen) atoms. The second-order valence-corrected chi connectivity index (χ2v) is 6.02. The van der Waals surface area contributed by atoms with E-state index in [-0.39, 0.29) is 23.3 Å². The number of hydrogen-bond donors (Lipinski definition) is 1. The minimum Gasteiger partial charge on any atom is -0.495 e. The first kappa shape index (κ1) is 14.2. The molecular formula is C12H16FNO4S. The monoisotopic (exact) mass is 289 g/mol. The van der Waals surface area contributed by atoms with Crippen molar-refractivity contribution in [1.29, 1.82) is 0 Å². The topological polar surface area (TPSA) is 64.6 Å². The Bertz CT molecular complexity index is 541. The third kappa shape index (κ3) is 3.43. The van der Waals surface area contributed by atoms with Gasteiger partial charge in [0.25, 0.3) is 0 Å². The highest BCUT2D eigenvalue weighted by Gasteiger charge is 2.23. The Morgan fingerprint density at radius 2 is 2.32 bits per heavy atom. The van der Waals surface area contributed by atoms with Crippen molar-refractivity contribution in [2.24, 2.45) is 0 Å². The van der Waals surface area contributed by atoms with E-state index in [2.05, 4.69) is 4.72 Å². The van der Waals surface area contributed by atoms with E-state index in [0.717, 1.165) is 25.0 Å². The second-order valence-electron chi connectivity index (χ2n) is 4.28. The van der Waals surface area contributed by atoms with E-state index in [9.17, 15) is 12.8 Å². The highest BCUT2D eigenvalue weighted by Crippen LogP contribution is 2.24. The van der Waals surface area contributed by atoms with Crippen molar-refractivity contribution in [3.8, 4) is 5.75 Å². The smallest absolute Gasteiger partial charge is 0.244 e. The molecule has 1 fully saturated rings. The van der Waals surface area contributed by atoms with Crippen LogP contribution in [0.3, 0.4) is 0 Å². The van der Waals surface area contributed by atoms with Crippen LogP contribution in [-0.4, -0.2) is 34.8 Å². The molecule has 1 atom stereocenters. The summed E-state index contributed by atoms with van der Waals surface area (Å²) in [5, 5.41) is 0. The normalized spacial score (nSPS) is 19.6. The van der Waals surface area contributed by atoms with Gasteiger partial charge in [-0.05, 0) is 31.0 Å². The summed E-state index contributed by atoms with van der Waals surface area (Å²) in [5.41, 5.74) is 0. The number of rotatable bonds is 5. The predicted molar refractivity (Wildman–Crippen MR) is 67.1 cm³/mol. The Balaban J connectivity index is 2.16. The maximum absolute atomic E-state index is 13.2. The number of ether oxygens (including phenoxy) is 2. The minimum atomic E-state index is -3.81. The Kier molecular flexibility index (Phi) is 4.38. The molecule has 0 bridgehead atoms. The molecule has 2 rings (SSSR count). The van der Waals surface area contributed by atoms with Crippen molar-refractivity contribution in [3.05, 3.63) is 24.0 Å². The standard InChI is InChI=1S/C12H16FNO4S/c1-17-11-5-4-9(13)7-12(11)19(15,16)14-8-10-3-2-6-18-10/h4-5,7,10,14H,2-3,6,8H2,1H3/t10-/m1/s1. The molecule has 5 nitrogen and oxygen atoms in total. The Morgan fingerprint density at radius 3 is 2.95 bits per heavy atom. The summed E-state index contributed by atoms with van der Waals surface area (Å²) in [6, 6.07) is 3.38. The number of nitrogens with one attached hydrogen (secondary N) is 1. The average Bonchev–Trinajstić information content (AvgIpc) is 2.89. The van der Waals surface area contributed by atoms with E-state index < -0.39 is 15.8 Å². The zero-order valence-corrected chi connectivity index (χ0v) is 11.4. The zero-order valence-electron chi connectivity index (χ0n) is 10.6. The Morgan fingerprint density at radius 1 is 1.53 bits per heavy atom. The SMILES string of the molecule is COc1ccc(F)cc1S(=O)(=O)NC[C@H]1CCCO1. The molecule has 0 unspecified atom stereocenters. The highest BCUT2D eigenvalue weighted by atomic mass is 32.2. The molecule has 1 aliphatic heterocycles. The second kappa shape index (κ2) is 5.85. The fraction of sp³-hybridized carbons (Fsp3) is 0.500. The summed E-state index contributed by atoms with van der Waals surface area (Å²) in [4.78, 5) is -0.201. The third-order valence-corrected chi connectivity index (χ3v) is 4.38. The summed E-state index contributed by atoms with van der Waals surface area (Å²) in [7, 11) is -2.47. The maximum atomic E-state index is 13.2. The molecule has 0 aliphatic carbocycles. The molecule has 1 N–H and O–H groups in total. The quantitative estimate of drug-likeness (QED) is 0.887. The lowest BCUT2D eigenvalue weighted by Crippen LogP contribution is -2.32. The molecule has 106 valence electrons. The number of halogens is 1. The highest BCUT2D eigenvalue weighted by molar-refractivity contribution is 7.89. The lowest BCUT2D eigenvalue weighted by atomic mass is 10.2. The molecule has 1 saturated heterocycles. The van der Waals surface area contributed by atoms with Crippen molar-refractivity contribution in [1.82, 2.24) is 4.72 Å². The van der Waals surface area contributed by atoms with Crippen molar-refractivity contribution < 1.29 is 22.3 Å². The summed E-state index contributed by atoms with van der Waals surface area (Å²) in [6.45, 7) is 0.831.